The van der Waals surface area contributed by atoms with Crippen LogP contribution in [-0.2, 0) is 19.1 Å². The number of nitrogens with one attached hydrogen (secondary N) is 1. The van der Waals surface area contributed by atoms with Crippen LogP contribution in [-0.4, -0.2) is 41.6 Å². The molecule has 0 bridgehead atoms. The lowest BCUT2D eigenvalue weighted by atomic mass is 10.0. The minimum atomic E-state index is -1.02. The molecule has 0 aromatic rings. The molecule has 0 saturated carbocycles. The van der Waals surface area contributed by atoms with E-state index in [1.807, 2.05) is 6.08 Å². The lowest BCUT2D eigenvalue weighted by molar-refractivity contribution is -0.147. The summed E-state index contributed by atoms with van der Waals surface area (Å²) in [6, 6.07) is -0.871. The summed E-state index contributed by atoms with van der Waals surface area (Å²) >= 11 is 0. The first-order valence-electron chi connectivity index (χ1n) is 19.7. The van der Waals surface area contributed by atoms with Crippen LogP contribution in [0.4, 0.5) is 0 Å². The van der Waals surface area contributed by atoms with Gasteiger partial charge in [-0.25, -0.2) is 4.79 Å². The number of hydrogen-bond acceptors (Lipinski definition) is 5. The lowest BCUT2D eigenvalue weighted by Gasteiger charge is -2.15. The minimum absolute atomic E-state index is 0.103. The smallest absolute Gasteiger partial charge is 0.326 e. The molecule has 0 spiro atoms. The number of hydrogen-bond donors (Lipinski definition) is 3. The first-order valence-corrected chi connectivity index (χ1v) is 19.7. The van der Waals surface area contributed by atoms with E-state index in [-0.39, 0.29) is 18.0 Å². The summed E-state index contributed by atoms with van der Waals surface area (Å²) in [6.45, 7) is 4.90. The SMILES string of the molecule is CCCCCC/C=C\C/C=C\C(CCCCCCC(=O)NC(CCCN)C(=O)O)OC(=O)CCCCCCCCCCCCCCC. The molecule has 4 N–H and O–H groups in total. The van der Waals surface area contributed by atoms with E-state index < -0.39 is 12.0 Å². The fraction of sp³-hybridized carbons (Fsp3) is 0.825. The highest BCUT2D eigenvalue weighted by Gasteiger charge is 2.19. The van der Waals surface area contributed by atoms with Gasteiger partial charge in [0.2, 0.25) is 5.91 Å². The predicted molar refractivity (Wildman–Crippen MR) is 197 cm³/mol. The van der Waals surface area contributed by atoms with Gasteiger partial charge in [0, 0.05) is 12.8 Å². The van der Waals surface area contributed by atoms with Gasteiger partial charge in [-0.05, 0) is 70.4 Å². The maximum absolute atomic E-state index is 12.7. The van der Waals surface area contributed by atoms with Gasteiger partial charge in [0.15, 0.2) is 0 Å². The van der Waals surface area contributed by atoms with Gasteiger partial charge in [0.1, 0.15) is 12.1 Å². The van der Waals surface area contributed by atoms with E-state index in [1.165, 1.54) is 96.3 Å². The molecule has 0 aliphatic carbocycles. The number of esters is 1. The average molecular weight is 663 g/mol. The van der Waals surface area contributed by atoms with Crippen LogP contribution < -0.4 is 11.1 Å². The zero-order valence-corrected chi connectivity index (χ0v) is 30.6. The predicted octanol–water partition coefficient (Wildman–Crippen LogP) is 10.5. The number of aliphatic carboxylic acids is 1. The van der Waals surface area contributed by atoms with Gasteiger partial charge in [0.05, 0.1) is 0 Å². The summed E-state index contributed by atoms with van der Waals surface area (Å²) in [5.41, 5.74) is 5.47. The van der Waals surface area contributed by atoms with Crippen LogP contribution in [0.1, 0.15) is 194 Å². The number of allylic oxidation sites excluding steroid dienone is 3. The van der Waals surface area contributed by atoms with Crippen LogP contribution in [0.5, 0.6) is 0 Å². The molecule has 0 rings (SSSR count). The Balaban J connectivity index is 4.37. The summed E-state index contributed by atoms with van der Waals surface area (Å²) in [5.74, 6) is -1.35. The number of carboxylic acid groups (broad SMARTS) is 1. The number of carbonyl (C=O) groups excluding carboxylic acids is 2. The quantitative estimate of drug-likeness (QED) is 0.0353. The van der Waals surface area contributed by atoms with Crippen LogP contribution in [0.2, 0.25) is 0 Å². The van der Waals surface area contributed by atoms with E-state index in [2.05, 4.69) is 37.4 Å². The molecule has 7 nitrogen and oxygen atoms in total. The molecule has 0 radical (unpaired) electrons. The summed E-state index contributed by atoms with van der Waals surface area (Å²) in [5, 5.41) is 11.9. The Morgan fingerprint density at radius 3 is 1.74 bits per heavy atom. The molecule has 0 fully saturated rings. The zero-order chi connectivity index (χ0) is 34.6. The number of nitrogens with two attached hydrogens (primary N) is 1. The largest absolute Gasteiger partial charge is 0.480 e. The van der Waals surface area contributed by atoms with Crippen LogP contribution in [0.25, 0.3) is 0 Å². The van der Waals surface area contributed by atoms with Gasteiger partial charge in [-0.15, -0.1) is 0 Å². The van der Waals surface area contributed by atoms with Crippen molar-refractivity contribution in [1.29, 1.82) is 0 Å². The van der Waals surface area contributed by atoms with Gasteiger partial charge in [-0.2, -0.15) is 0 Å². The fourth-order valence-electron chi connectivity index (χ4n) is 5.75. The number of unbranched alkanes of at least 4 members (excludes halogenated alkanes) is 19. The first kappa shape index (κ1) is 44.9. The molecule has 1 amide bonds. The minimum Gasteiger partial charge on any atom is -0.480 e. The average Bonchev–Trinajstić information content (AvgIpc) is 3.05. The highest BCUT2D eigenvalue weighted by molar-refractivity contribution is 5.83. The van der Waals surface area contributed by atoms with Gasteiger partial charge in [-0.1, -0.05) is 141 Å². The number of ether oxygens (including phenoxy) is 1. The highest BCUT2D eigenvalue weighted by Crippen LogP contribution is 2.16. The van der Waals surface area contributed by atoms with Crippen molar-refractivity contribution in [1.82, 2.24) is 5.32 Å². The number of amides is 1. The molecule has 47 heavy (non-hydrogen) atoms. The van der Waals surface area contributed by atoms with Crippen LogP contribution in [0, 0.1) is 0 Å². The highest BCUT2D eigenvalue weighted by atomic mass is 16.5. The van der Waals surface area contributed by atoms with E-state index in [1.54, 1.807) is 0 Å². The molecule has 0 aromatic carbocycles. The van der Waals surface area contributed by atoms with E-state index in [4.69, 9.17) is 10.5 Å². The molecule has 2 unspecified atom stereocenters. The molecule has 0 saturated heterocycles. The van der Waals surface area contributed by atoms with Crippen LogP contribution in [0.3, 0.4) is 0 Å². The van der Waals surface area contributed by atoms with E-state index in [9.17, 15) is 19.5 Å². The third kappa shape index (κ3) is 32.2. The summed E-state index contributed by atoms with van der Waals surface area (Å²) < 4.78 is 5.89. The summed E-state index contributed by atoms with van der Waals surface area (Å²) in [4.78, 5) is 36.2. The van der Waals surface area contributed by atoms with Crippen molar-refractivity contribution in [2.45, 2.75) is 206 Å². The molecule has 0 aromatic heterocycles. The molecule has 274 valence electrons. The van der Waals surface area contributed by atoms with Crippen molar-refractivity contribution in [3.63, 3.8) is 0 Å². The second-order valence-electron chi connectivity index (χ2n) is 13.3. The maximum Gasteiger partial charge on any atom is 0.326 e. The Labute approximate surface area is 289 Å². The Morgan fingerprint density at radius 2 is 1.17 bits per heavy atom. The van der Waals surface area contributed by atoms with Gasteiger partial charge in [-0.3, -0.25) is 9.59 Å². The molecular formula is C40H74N2O5. The standard InChI is InChI=1S/C40H74N2O5/c1-3-5-7-9-11-13-14-15-16-18-20-22-28-34-39(44)47-36(30-25-21-19-17-12-10-8-6-4-2)31-26-23-24-27-33-38(43)42-37(40(45)46)32-29-35-41/h17,19,25,30,36-37H,3-16,18,20-24,26-29,31-35,41H2,1-2H3,(H,42,43)(H,45,46)/b19-17-,30-25-. The normalized spacial score (nSPS) is 12.9. The maximum atomic E-state index is 12.7. The van der Waals surface area contributed by atoms with Crippen molar-refractivity contribution < 1.29 is 24.2 Å². The second kappa shape index (κ2) is 35.2. The lowest BCUT2D eigenvalue weighted by Crippen LogP contribution is -2.40. The van der Waals surface area contributed by atoms with Crippen molar-refractivity contribution in [2.75, 3.05) is 6.54 Å². The Kier molecular flexibility index (Phi) is 33.6. The van der Waals surface area contributed by atoms with E-state index in [0.29, 0.717) is 38.6 Å². The summed E-state index contributed by atoms with van der Waals surface area (Å²) in [6.07, 6.45) is 38.0. The Bertz CT molecular complexity index is 797. The Hall–Kier alpha value is -2.15. The van der Waals surface area contributed by atoms with Crippen molar-refractivity contribution in [3.05, 3.63) is 24.3 Å². The van der Waals surface area contributed by atoms with Crippen molar-refractivity contribution >= 4 is 17.8 Å². The van der Waals surface area contributed by atoms with Gasteiger partial charge in [0.25, 0.3) is 0 Å². The molecular weight excluding hydrogens is 588 g/mol. The van der Waals surface area contributed by atoms with E-state index in [0.717, 1.165) is 51.4 Å². The third-order valence-corrected chi connectivity index (χ3v) is 8.75. The van der Waals surface area contributed by atoms with Gasteiger partial charge >= 0.3 is 11.9 Å². The van der Waals surface area contributed by atoms with E-state index >= 15 is 0 Å². The second-order valence-corrected chi connectivity index (χ2v) is 13.3. The molecule has 0 aliphatic heterocycles. The number of carbonyl (C=O) groups is 3. The van der Waals surface area contributed by atoms with Crippen LogP contribution >= 0.6 is 0 Å². The first-order chi connectivity index (χ1) is 22.9. The topological polar surface area (TPSA) is 119 Å². The molecule has 0 aliphatic rings. The number of rotatable bonds is 35. The Morgan fingerprint density at radius 1 is 0.638 bits per heavy atom. The fourth-order valence-corrected chi connectivity index (χ4v) is 5.75. The molecule has 7 heteroatoms. The summed E-state index contributed by atoms with van der Waals surface area (Å²) in [7, 11) is 0. The number of carboxylic acids is 1. The van der Waals surface area contributed by atoms with Gasteiger partial charge < -0.3 is 20.9 Å². The third-order valence-electron chi connectivity index (χ3n) is 8.75. The molecule has 0 heterocycles. The zero-order valence-electron chi connectivity index (χ0n) is 30.6. The van der Waals surface area contributed by atoms with Crippen molar-refractivity contribution in [2.24, 2.45) is 5.73 Å². The van der Waals surface area contributed by atoms with Crippen molar-refractivity contribution in [3.8, 4) is 0 Å². The molecule has 2 atom stereocenters. The monoisotopic (exact) mass is 663 g/mol. The van der Waals surface area contributed by atoms with Crippen LogP contribution in [0.15, 0.2) is 24.3 Å².